The minimum Gasteiger partial charge on any atom is -0.487 e. The second-order valence-electron chi connectivity index (χ2n) is 7.89. The van der Waals surface area contributed by atoms with Crippen molar-refractivity contribution in [2.24, 2.45) is 5.92 Å². The van der Waals surface area contributed by atoms with Crippen LogP contribution in [-0.2, 0) is 0 Å². The first kappa shape index (κ1) is 18.3. The van der Waals surface area contributed by atoms with Crippen molar-refractivity contribution in [3.05, 3.63) is 65.8 Å². The van der Waals surface area contributed by atoms with Crippen LogP contribution in [-0.4, -0.2) is 29.3 Å². The Morgan fingerprint density at radius 2 is 1.83 bits per heavy atom. The fourth-order valence-electron chi connectivity index (χ4n) is 4.01. The number of hydrogen-bond acceptors (Lipinski definition) is 5. The average molecular weight is 393 g/mol. The Bertz CT molecular complexity index is 965. The van der Waals surface area contributed by atoms with Crippen molar-refractivity contribution < 1.29 is 13.7 Å². The SMILES string of the molecule is Fc1cc(-c2noc(C(c3ccccc3)C3CC3)n2)ccc1OC1CCNCC1. The van der Waals surface area contributed by atoms with Gasteiger partial charge in [-0.1, -0.05) is 35.5 Å². The molecule has 2 aromatic carbocycles. The van der Waals surface area contributed by atoms with Crippen molar-refractivity contribution in [1.82, 2.24) is 15.5 Å². The van der Waals surface area contributed by atoms with Crippen molar-refractivity contribution >= 4 is 0 Å². The van der Waals surface area contributed by atoms with E-state index in [1.54, 1.807) is 12.1 Å². The van der Waals surface area contributed by atoms with Crippen LogP contribution >= 0.6 is 0 Å². The number of hydrogen-bond donors (Lipinski definition) is 1. The van der Waals surface area contributed by atoms with Gasteiger partial charge in [-0.05, 0) is 68.5 Å². The fourth-order valence-corrected chi connectivity index (χ4v) is 4.01. The van der Waals surface area contributed by atoms with Crippen LogP contribution in [0.1, 0.15) is 43.1 Å². The molecule has 3 aromatic rings. The van der Waals surface area contributed by atoms with Crippen molar-refractivity contribution in [3.63, 3.8) is 0 Å². The first-order valence-electron chi connectivity index (χ1n) is 10.3. The summed E-state index contributed by atoms with van der Waals surface area (Å²) in [6, 6.07) is 15.1. The molecule has 1 saturated heterocycles. The van der Waals surface area contributed by atoms with E-state index >= 15 is 0 Å². The van der Waals surface area contributed by atoms with Crippen molar-refractivity contribution in [2.75, 3.05) is 13.1 Å². The smallest absolute Gasteiger partial charge is 0.234 e. The molecule has 0 radical (unpaired) electrons. The highest BCUT2D eigenvalue weighted by molar-refractivity contribution is 5.56. The summed E-state index contributed by atoms with van der Waals surface area (Å²) >= 11 is 0. The summed E-state index contributed by atoms with van der Waals surface area (Å²) in [6.45, 7) is 1.80. The molecule has 150 valence electrons. The van der Waals surface area contributed by atoms with E-state index in [9.17, 15) is 4.39 Å². The topological polar surface area (TPSA) is 60.2 Å². The lowest BCUT2D eigenvalue weighted by Crippen LogP contribution is -2.34. The Morgan fingerprint density at radius 1 is 1.03 bits per heavy atom. The lowest BCUT2D eigenvalue weighted by atomic mass is 9.94. The van der Waals surface area contributed by atoms with Gasteiger partial charge >= 0.3 is 0 Å². The molecular weight excluding hydrogens is 369 g/mol. The summed E-state index contributed by atoms with van der Waals surface area (Å²) in [5.74, 6) is 1.53. The number of halogens is 1. The van der Waals surface area contributed by atoms with Gasteiger partial charge in [-0.15, -0.1) is 0 Å². The fraction of sp³-hybridized carbons (Fsp3) is 0.391. The minimum atomic E-state index is -0.394. The average Bonchev–Trinajstić information content (AvgIpc) is 3.47. The summed E-state index contributed by atoms with van der Waals surface area (Å²) in [4.78, 5) is 4.61. The Kier molecular flexibility index (Phi) is 5.02. The molecule has 0 bridgehead atoms. The van der Waals surface area contributed by atoms with E-state index in [0.717, 1.165) is 38.8 Å². The maximum Gasteiger partial charge on any atom is 0.234 e. The molecule has 2 aliphatic rings. The zero-order chi connectivity index (χ0) is 19.6. The molecule has 1 aliphatic carbocycles. The van der Waals surface area contributed by atoms with Crippen LogP contribution in [0.25, 0.3) is 11.4 Å². The van der Waals surface area contributed by atoms with E-state index in [4.69, 9.17) is 9.26 Å². The van der Waals surface area contributed by atoms with Gasteiger partial charge in [0.05, 0.1) is 5.92 Å². The first-order chi connectivity index (χ1) is 14.3. The van der Waals surface area contributed by atoms with Crippen molar-refractivity contribution in [3.8, 4) is 17.1 Å². The number of aromatic nitrogens is 2. The minimum absolute atomic E-state index is 0.0542. The summed E-state index contributed by atoms with van der Waals surface area (Å²) in [6.07, 6.45) is 4.15. The zero-order valence-corrected chi connectivity index (χ0v) is 16.2. The van der Waals surface area contributed by atoms with Crippen LogP contribution in [0.5, 0.6) is 5.75 Å². The highest BCUT2D eigenvalue weighted by atomic mass is 19.1. The molecule has 1 aromatic heterocycles. The number of rotatable bonds is 6. The maximum atomic E-state index is 14.6. The predicted molar refractivity (Wildman–Crippen MR) is 107 cm³/mol. The highest BCUT2D eigenvalue weighted by Crippen LogP contribution is 2.46. The summed E-state index contributed by atoms with van der Waals surface area (Å²) < 4.78 is 26.1. The van der Waals surface area contributed by atoms with E-state index < -0.39 is 5.82 Å². The van der Waals surface area contributed by atoms with Gasteiger partial charge in [-0.2, -0.15) is 4.98 Å². The van der Waals surface area contributed by atoms with Crippen LogP contribution < -0.4 is 10.1 Å². The summed E-state index contributed by atoms with van der Waals surface area (Å²) in [5, 5.41) is 7.41. The number of nitrogens with one attached hydrogen (secondary N) is 1. The van der Waals surface area contributed by atoms with Crippen LogP contribution in [0.15, 0.2) is 53.1 Å². The molecule has 2 heterocycles. The third kappa shape index (κ3) is 4.03. The second kappa shape index (κ2) is 7.95. The third-order valence-electron chi connectivity index (χ3n) is 5.73. The second-order valence-corrected chi connectivity index (χ2v) is 7.89. The van der Waals surface area contributed by atoms with Gasteiger partial charge in [0.2, 0.25) is 11.7 Å². The molecule has 1 aliphatic heterocycles. The quantitative estimate of drug-likeness (QED) is 0.666. The molecule has 1 N–H and O–H groups in total. The summed E-state index contributed by atoms with van der Waals surface area (Å²) in [7, 11) is 0. The van der Waals surface area contributed by atoms with Gasteiger partial charge in [-0.3, -0.25) is 0 Å². The Balaban J connectivity index is 1.36. The standard InChI is InChI=1S/C23H24FN3O2/c24-19-14-17(8-9-20(19)28-18-10-12-25-13-11-18)22-26-23(29-27-22)21(16-6-7-16)15-4-2-1-3-5-15/h1-5,8-9,14,16,18,21,25H,6-7,10-13H2. The first-order valence-corrected chi connectivity index (χ1v) is 10.3. The molecule has 1 saturated carbocycles. The predicted octanol–water partition coefficient (Wildman–Crippen LogP) is 4.55. The van der Waals surface area contributed by atoms with Crippen LogP contribution in [0, 0.1) is 11.7 Å². The summed E-state index contributed by atoms with van der Waals surface area (Å²) in [5.41, 5.74) is 1.78. The van der Waals surface area contributed by atoms with E-state index in [-0.39, 0.29) is 17.8 Å². The molecular formula is C23H24FN3O2. The number of benzene rings is 2. The normalized spacial score (nSPS) is 18.5. The van der Waals surface area contributed by atoms with E-state index in [1.807, 2.05) is 18.2 Å². The van der Waals surface area contributed by atoms with Gasteiger partial charge in [0.15, 0.2) is 11.6 Å². The van der Waals surface area contributed by atoms with Gasteiger partial charge in [0, 0.05) is 5.56 Å². The monoisotopic (exact) mass is 393 g/mol. The molecule has 0 spiro atoms. The van der Waals surface area contributed by atoms with E-state index in [0.29, 0.717) is 23.2 Å². The van der Waals surface area contributed by atoms with E-state index in [1.165, 1.54) is 11.6 Å². The molecule has 29 heavy (non-hydrogen) atoms. The van der Waals surface area contributed by atoms with Crippen LogP contribution in [0.4, 0.5) is 4.39 Å². The molecule has 5 rings (SSSR count). The number of ether oxygens (including phenoxy) is 1. The molecule has 0 amide bonds. The maximum absolute atomic E-state index is 14.6. The third-order valence-corrected chi connectivity index (χ3v) is 5.73. The highest BCUT2D eigenvalue weighted by Gasteiger charge is 2.37. The van der Waals surface area contributed by atoms with Gasteiger partial charge in [0.1, 0.15) is 6.10 Å². The number of nitrogens with zero attached hydrogens (tertiary/aromatic N) is 2. The molecule has 1 atom stereocenters. The Labute approximate surface area is 169 Å². The lowest BCUT2D eigenvalue weighted by molar-refractivity contribution is 0.156. The van der Waals surface area contributed by atoms with Gasteiger partial charge in [-0.25, -0.2) is 4.39 Å². The molecule has 2 fully saturated rings. The van der Waals surface area contributed by atoms with E-state index in [2.05, 4.69) is 27.6 Å². The Morgan fingerprint density at radius 3 is 2.55 bits per heavy atom. The zero-order valence-electron chi connectivity index (χ0n) is 16.2. The van der Waals surface area contributed by atoms with Gasteiger partial charge < -0.3 is 14.6 Å². The van der Waals surface area contributed by atoms with Crippen molar-refractivity contribution in [1.29, 1.82) is 0 Å². The van der Waals surface area contributed by atoms with Gasteiger partial charge in [0.25, 0.3) is 0 Å². The van der Waals surface area contributed by atoms with Crippen LogP contribution in [0.2, 0.25) is 0 Å². The molecule has 1 unspecified atom stereocenters. The molecule has 5 nitrogen and oxygen atoms in total. The largest absolute Gasteiger partial charge is 0.487 e. The number of piperidine rings is 1. The van der Waals surface area contributed by atoms with Crippen LogP contribution in [0.3, 0.4) is 0 Å². The van der Waals surface area contributed by atoms with Crippen molar-refractivity contribution in [2.45, 2.75) is 37.7 Å². The lowest BCUT2D eigenvalue weighted by Gasteiger charge is -2.24. The Hall–Kier alpha value is -2.73. The molecule has 6 heteroatoms.